The summed E-state index contributed by atoms with van der Waals surface area (Å²) in [6.45, 7) is 0. The minimum atomic E-state index is 0.535. The van der Waals surface area contributed by atoms with E-state index in [4.69, 9.17) is 17.0 Å². The van der Waals surface area contributed by atoms with E-state index < -0.39 is 0 Å². The molecule has 0 saturated carbocycles. The van der Waals surface area contributed by atoms with Crippen molar-refractivity contribution in [3.8, 4) is 11.8 Å². The second-order valence-corrected chi connectivity index (χ2v) is 3.99. The quantitative estimate of drug-likeness (QED) is 0.534. The van der Waals surface area contributed by atoms with E-state index in [0.717, 1.165) is 5.56 Å². The van der Waals surface area contributed by atoms with Gasteiger partial charge in [-0.3, -0.25) is 0 Å². The molecule has 14 heavy (non-hydrogen) atoms. The predicted octanol–water partition coefficient (Wildman–Crippen LogP) is 2.70. The molecule has 0 atom stereocenters. The van der Waals surface area contributed by atoms with E-state index in [9.17, 15) is 0 Å². The van der Waals surface area contributed by atoms with Crippen molar-refractivity contribution in [2.75, 3.05) is 12.9 Å². The Morgan fingerprint density at radius 3 is 2.79 bits per heavy atom. The van der Waals surface area contributed by atoms with Crippen molar-refractivity contribution in [3.63, 3.8) is 0 Å². The largest absolute Gasteiger partial charge is 0.482 e. The summed E-state index contributed by atoms with van der Waals surface area (Å²) in [5, 5.41) is 0. The van der Waals surface area contributed by atoms with Gasteiger partial charge in [-0.15, -0.1) is 0 Å². The Morgan fingerprint density at radius 2 is 2.14 bits per heavy atom. The van der Waals surface area contributed by atoms with Crippen LogP contribution >= 0.6 is 24.0 Å². The van der Waals surface area contributed by atoms with E-state index in [1.807, 2.05) is 30.3 Å². The highest BCUT2D eigenvalue weighted by molar-refractivity contribution is 8.22. The molecule has 0 radical (unpaired) electrons. The SMILES string of the molecule is COC(=S)SCC#Cc1ccccc1. The van der Waals surface area contributed by atoms with E-state index in [2.05, 4.69) is 11.8 Å². The van der Waals surface area contributed by atoms with Gasteiger partial charge in [-0.05, 0) is 24.4 Å². The van der Waals surface area contributed by atoms with Gasteiger partial charge in [-0.2, -0.15) is 0 Å². The minimum Gasteiger partial charge on any atom is -0.482 e. The summed E-state index contributed by atoms with van der Waals surface area (Å²) in [7, 11) is 1.57. The van der Waals surface area contributed by atoms with Gasteiger partial charge in [0.15, 0.2) is 0 Å². The van der Waals surface area contributed by atoms with Gasteiger partial charge in [-0.1, -0.05) is 41.8 Å². The summed E-state index contributed by atoms with van der Waals surface area (Å²) in [6.07, 6.45) is 0. The number of benzene rings is 1. The minimum absolute atomic E-state index is 0.535. The van der Waals surface area contributed by atoms with E-state index in [1.165, 1.54) is 11.8 Å². The van der Waals surface area contributed by atoms with Crippen molar-refractivity contribution in [1.29, 1.82) is 0 Å². The Balaban J connectivity index is 2.38. The number of hydrogen-bond donors (Lipinski definition) is 0. The first-order valence-corrected chi connectivity index (χ1v) is 5.47. The summed E-state index contributed by atoms with van der Waals surface area (Å²) in [4.78, 5) is 0. The van der Waals surface area contributed by atoms with Gasteiger partial charge in [0, 0.05) is 5.56 Å². The molecule has 0 amide bonds. The molecule has 0 fully saturated rings. The summed E-state index contributed by atoms with van der Waals surface area (Å²) in [5.74, 6) is 6.72. The van der Waals surface area contributed by atoms with Crippen LogP contribution in [0.3, 0.4) is 0 Å². The van der Waals surface area contributed by atoms with E-state index >= 15 is 0 Å². The van der Waals surface area contributed by atoms with Crippen LogP contribution in [-0.2, 0) is 4.74 Å². The molecule has 0 aliphatic rings. The molecule has 0 unspecified atom stereocenters. The molecule has 0 bridgehead atoms. The van der Waals surface area contributed by atoms with Gasteiger partial charge in [0.2, 0.25) is 4.38 Å². The second-order valence-electron chi connectivity index (χ2n) is 2.41. The highest BCUT2D eigenvalue weighted by atomic mass is 32.2. The lowest BCUT2D eigenvalue weighted by atomic mass is 10.2. The van der Waals surface area contributed by atoms with Crippen LogP contribution in [0.4, 0.5) is 0 Å². The number of rotatable bonds is 1. The van der Waals surface area contributed by atoms with Crippen LogP contribution in [0.15, 0.2) is 30.3 Å². The summed E-state index contributed by atoms with van der Waals surface area (Å²) >= 11 is 6.29. The first kappa shape index (κ1) is 11.1. The molecule has 72 valence electrons. The molecule has 3 heteroatoms. The van der Waals surface area contributed by atoms with Crippen molar-refractivity contribution in [2.24, 2.45) is 0 Å². The van der Waals surface area contributed by atoms with Crippen LogP contribution < -0.4 is 0 Å². The maximum absolute atomic E-state index is 4.86. The van der Waals surface area contributed by atoms with Crippen LogP contribution in [0.2, 0.25) is 0 Å². The third kappa shape index (κ3) is 4.31. The zero-order valence-electron chi connectivity index (χ0n) is 7.82. The third-order valence-corrected chi connectivity index (χ3v) is 2.65. The predicted molar refractivity (Wildman–Crippen MR) is 65.4 cm³/mol. The molecule has 1 aromatic carbocycles. The molecule has 0 aliphatic heterocycles. The lowest BCUT2D eigenvalue weighted by Crippen LogP contribution is -1.90. The maximum atomic E-state index is 4.86. The monoisotopic (exact) mass is 222 g/mol. The van der Waals surface area contributed by atoms with E-state index in [1.54, 1.807) is 7.11 Å². The number of thioether (sulfide) groups is 1. The van der Waals surface area contributed by atoms with Crippen molar-refractivity contribution in [1.82, 2.24) is 0 Å². The van der Waals surface area contributed by atoms with Crippen molar-refractivity contribution in [3.05, 3.63) is 35.9 Å². The van der Waals surface area contributed by atoms with Crippen molar-refractivity contribution in [2.45, 2.75) is 0 Å². The average Bonchev–Trinajstić information content (AvgIpc) is 2.25. The lowest BCUT2D eigenvalue weighted by molar-refractivity contribution is 0.426. The molecule has 1 aromatic rings. The summed E-state index contributed by atoms with van der Waals surface area (Å²) in [6, 6.07) is 9.87. The normalized spacial score (nSPS) is 8.64. The highest BCUT2D eigenvalue weighted by Gasteiger charge is 1.91. The standard InChI is InChI=1S/C11H10OS2/c1-12-11(13)14-9-5-8-10-6-3-2-4-7-10/h2-4,6-7H,9H2,1H3. The van der Waals surface area contributed by atoms with Crippen LogP contribution in [0.25, 0.3) is 0 Å². The molecule has 0 N–H and O–H groups in total. The van der Waals surface area contributed by atoms with Crippen LogP contribution in [-0.4, -0.2) is 17.2 Å². The van der Waals surface area contributed by atoms with Gasteiger partial charge in [0.25, 0.3) is 0 Å². The Morgan fingerprint density at radius 1 is 1.43 bits per heavy atom. The van der Waals surface area contributed by atoms with Gasteiger partial charge in [-0.25, -0.2) is 0 Å². The maximum Gasteiger partial charge on any atom is 0.220 e. The molecule has 0 saturated heterocycles. The fraction of sp³-hybridized carbons (Fsp3) is 0.182. The van der Waals surface area contributed by atoms with E-state index in [0.29, 0.717) is 10.1 Å². The third-order valence-electron chi connectivity index (χ3n) is 1.44. The lowest BCUT2D eigenvalue weighted by Gasteiger charge is -1.95. The van der Waals surface area contributed by atoms with Crippen LogP contribution in [0, 0.1) is 11.8 Å². The molecule has 0 aromatic heterocycles. The number of ether oxygens (including phenoxy) is 1. The first-order chi connectivity index (χ1) is 6.83. The number of methoxy groups -OCH3 is 1. The van der Waals surface area contributed by atoms with Gasteiger partial charge < -0.3 is 4.74 Å². The molecule has 0 spiro atoms. The van der Waals surface area contributed by atoms with Gasteiger partial charge in [0.05, 0.1) is 12.9 Å². The second kappa shape index (κ2) is 6.47. The fourth-order valence-corrected chi connectivity index (χ4v) is 1.37. The van der Waals surface area contributed by atoms with E-state index in [-0.39, 0.29) is 0 Å². The number of thiocarbonyl (C=S) groups is 1. The molecular formula is C11H10OS2. The topological polar surface area (TPSA) is 9.23 Å². The van der Waals surface area contributed by atoms with Crippen LogP contribution in [0.1, 0.15) is 5.56 Å². The van der Waals surface area contributed by atoms with Crippen molar-refractivity contribution < 1.29 is 4.74 Å². The smallest absolute Gasteiger partial charge is 0.220 e. The van der Waals surface area contributed by atoms with Crippen molar-refractivity contribution >= 4 is 28.4 Å². The molecule has 0 aliphatic carbocycles. The Hall–Kier alpha value is -0.980. The summed E-state index contributed by atoms with van der Waals surface area (Å²) in [5.41, 5.74) is 1.02. The molecular weight excluding hydrogens is 212 g/mol. The Labute approximate surface area is 93.9 Å². The van der Waals surface area contributed by atoms with Gasteiger partial charge in [0.1, 0.15) is 0 Å². The average molecular weight is 222 g/mol. The van der Waals surface area contributed by atoms with Crippen LogP contribution in [0.5, 0.6) is 0 Å². The zero-order chi connectivity index (χ0) is 10.2. The Kier molecular flexibility index (Phi) is 5.13. The Bertz CT molecular complexity index is 349. The van der Waals surface area contributed by atoms with Gasteiger partial charge >= 0.3 is 0 Å². The first-order valence-electron chi connectivity index (χ1n) is 4.07. The highest BCUT2D eigenvalue weighted by Crippen LogP contribution is 2.03. The number of hydrogen-bond acceptors (Lipinski definition) is 3. The molecule has 0 heterocycles. The molecule has 1 rings (SSSR count). The molecule has 1 nitrogen and oxygen atoms in total. The zero-order valence-corrected chi connectivity index (χ0v) is 9.45. The fourth-order valence-electron chi connectivity index (χ4n) is 0.814. The summed E-state index contributed by atoms with van der Waals surface area (Å²) < 4.78 is 5.36.